The standard InChI is InChI=1S/C13H14Br3NS2/c1-2-5-17-10(6-8-3-4-11(14)18-8)9-7-12(15)19-13(9)16/h3-4,7,10,17H,2,5-6H2,1H3. The Balaban J connectivity index is 2.18. The summed E-state index contributed by atoms with van der Waals surface area (Å²) >= 11 is 14.3. The van der Waals surface area contributed by atoms with E-state index in [2.05, 4.69) is 78.2 Å². The van der Waals surface area contributed by atoms with Gasteiger partial charge >= 0.3 is 0 Å². The van der Waals surface area contributed by atoms with E-state index in [0.717, 1.165) is 19.4 Å². The zero-order valence-electron chi connectivity index (χ0n) is 10.4. The van der Waals surface area contributed by atoms with Gasteiger partial charge < -0.3 is 5.32 Å². The molecular formula is C13H14Br3NS2. The second-order valence-electron chi connectivity index (χ2n) is 4.20. The second kappa shape index (κ2) is 7.71. The molecule has 1 atom stereocenters. The Morgan fingerprint density at radius 2 is 1.95 bits per heavy atom. The molecule has 0 fully saturated rings. The molecule has 0 bridgehead atoms. The SMILES string of the molecule is CCCNC(Cc1ccc(Br)s1)c1cc(Br)sc1Br. The summed E-state index contributed by atoms with van der Waals surface area (Å²) in [5.41, 5.74) is 1.34. The average molecular weight is 488 g/mol. The fourth-order valence-corrected chi connectivity index (χ4v) is 6.37. The van der Waals surface area contributed by atoms with Gasteiger partial charge in [0, 0.05) is 17.3 Å². The molecule has 0 saturated heterocycles. The van der Waals surface area contributed by atoms with Crippen LogP contribution >= 0.6 is 70.5 Å². The van der Waals surface area contributed by atoms with Gasteiger partial charge in [-0.1, -0.05) is 6.92 Å². The van der Waals surface area contributed by atoms with Gasteiger partial charge in [0.2, 0.25) is 0 Å². The van der Waals surface area contributed by atoms with Crippen LogP contribution in [0.1, 0.15) is 29.8 Å². The van der Waals surface area contributed by atoms with Gasteiger partial charge in [0.05, 0.1) is 11.4 Å². The Labute approximate surface area is 147 Å². The molecule has 0 aliphatic heterocycles. The topological polar surface area (TPSA) is 12.0 Å². The summed E-state index contributed by atoms with van der Waals surface area (Å²) in [6, 6.07) is 6.90. The monoisotopic (exact) mass is 485 g/mol. The van der Waals surface area contributed by atoms with Crippen LogP contribution in [0.25, 0.3) is 0 Å². The lowest BCUT2D eigenvalue weighted by Gasteiger charge is -2.17. The minimum atomic E-state index is 0.363. The fourth-order valence-electron chi connectivity index (χ4n) is 1.86. The molecule has 1 nitrogen and oxygen atoms in total. The van der Waals surface area contributed by atoms with Crippen molar-refractivity contribution in [3.63, 3.8) is 0 Å². The van der Waals surface area contributed by atoms with E-state index in [1.807, 2.05) is 11.3 Å². The Hall–Kier alpha value is 0.800. The summed E-state index contributed by atoms with van der Waals surface area (Å²) in [7, 11) is 0. The van der Waals surface area contributed by atoms with Crippen LogP contribution in [-0.4, -0.2) is 6.54 Å². The van der Waals surface area contributed by atoms with Gasteiger partial charge in [-0.3, -0.25) is 0 Å². The number of hydrogen-bond donors (Lipinski definition) is 1. The van der Waals surface area contributed by atoms with E-state index in [4.69, 9.17) is 0 Å². The minimum absolute atomic E-state index is 0.363. The molecule has 2 aromatic heterocycles. The summed E-state index contributed by atoms with van der Waals surface area (Å²) in [6.07, 6.45) is 2.17. The molecule has 19 heavy (non-hydrogen) atoms. The van der Waals surface area contributed by atoms with Crippen molar-refractivity contribution in [3.05, 3.63) is 40.0 Å². The van der Waals surface area contributed by atoms with Crippen molar-refractivity contribution in [2.45, 2.75) is 25.8 Å². The van der Waals surface area contributed by atoms with E-state index < -0.39 is 0 Å². The lowest BCUT2D eigenvalue weighted by Crippen LogP contribution is -2.23. The smallest absolute Gasteiger partial charge is 0.0758 e. The second-order valence-corrected chi connectivity index (χ2v) is 10.5. The van der Waals surface area contributed by atoms with Crippen molar-refractivity contribution in [2.24, 2.45) is 0 Å². The van der Waals surface area contributed by atoms with Gasteiger partial charge in [-0.25, -0.2) is 0 Å². The maximum Gasteiger partial charge on any atom is 0.0758 e. The molecule has 2 aromatic rings. The largest absolute Gasteiger partial charge is 0.310 e. The number of thiophene rings is 2. The van der Waals surface area contributed by atoms with E-state index >= 15 is 0 Å². The van der Waals surface area contributed by atoms with Crippen molar-refractivity contribution >= 4 is 70.5 Å². The molecule has 6 heteroatoms. The third-order valence-electron chi connectivity index (χ3n) is 2.73. The zero-order chi connectivity index (χ0) is 13.8. The van der Waals surface area contributed by atoms with Crippen molar-refractivity contribution in [1.82, 2.24) is 5.32 Å². The number of rotatable bonds is 6. The van der Waals surface area contributed by atoms with Gasteiger partial charge in [0.25, 0.3) is 0 Å². The molecule has 2 rings (SSSR count). The van der Waals surface area contributed by atoms with E-state index in [-0.39, 0.29) is 0 Å². The lowest BCUT2D eigenvalue weighted by atomic mass is 10.1. The van der Waals surface area contributed by atoms with Gasteiger partial charge in [-0.05, 0) is 84.5 Å². The average Bonchev–Trinajstić information content (AvgIpc) is 2.91. The summed E-state index contributed by atoms with van der Waals surface area (Å²) in [5, 5.41) is 3.64. The molecule has 2 heterocycles. The van der Waals surface area contributed by atoms with Crippen LogP contribution in [0.2, 0.25) is 0 Å². The molecule has 0 aromatic carbocycles. The molecular weight excluding hydrogens is 474 g/mol. The van der Waals surface area contributed by atoms with Crippen molar-refractivity contribution in [3.8, 4) is 0 Å². The first-order valence-corrected chi connectivity index (χ1v) is 10.0. The van der Waals surface area contributed by atoms with E-state index in [9.17, 15) is 0 Å². The molecule has 0 aliphatic carbocycles. The van der Waals surface area contributed by atoms with Crippen LogP contribution in [0, 0.1) is 0 Å². The maximum absolute atomic E-state index is 3.67. The van der Waals surface area contributed by atoms with Crippen LogP contribution in [0.4, 0.5) is 0 Å². The van der Waals surface area contributed by atoms with Crippen LogP contribution in [-0.2, 0) is 6.42 Å². The predicted molar refractivity (Wildman–Crippen MR) is 96.5 cm³/mol. The van der Waals surface area contributed by atoms with E-state index in [0.29, 0.717) is 6.04 Å². The third kappa shape index (κ3) is 4.64. The third-order valence-corrected chi connectivity index (χ3v) is 6.77. The lowest BCUT2D eigenvalue weighted by molar-refractivity contribution is 0.532. The van der Waals surface area contributed by atoms with Gasteiger partial charge in [0.15, 0.2) is 0 Å². The molecule has 0 spiro atoms. The number of hydrogen-bond acceptors (Lipinski definition) is 3. The highest BCUT2D eigenvalue weighted by Crippen LogP contribution is 2.37. The minimum Gasteiger partial charge on any atom is -0.310 e. The first kappa shape index (κ1) is 16.2. The number of nitrogens with one attached hydrogen (secondary N) is 1. The quantitative estimate of drug-likeness (QED) is 0.498. The normalized spacial score (nSPS) is 12.8. The van der Waals surface area contributed by atoms with Crippen molar-refractivity contribution in [1.29, 1.82) is 0 Å². The summed E-state index contributed by atoms with van der Waals surface area (Å²) in [5.74, 6) is 0. The van der Waals surface area contributed by atoms with Crippen LogP contribution < -0.4 is 5.32 Å². The van der Waals surface area contributed by atoms with Gasteiger partial charge in [0.1, 0.15) is 0 Å². The predicted octanol–water partition coefficient (Wildman–Crippen LogP) is 6.38. The van der Waals surface area contributed by atoms with Gasteiger partial charge in [-0.15, -0.1) is 22.7 Å². The molecule has 0 saturated carbocycles. The Bertz CT molecular complexity index is 536. The highest BCUT2D eigenvalue weighted by Gasteiger charge is 2.18. The summed E-state index contributed by atoms with van der Waals surface area (Å²) in [6.45, 7) is 3.24. The Morgan fingerprint density at radius 3 is 2.47 bits per heavy atom. The van der Waals surface area contributed by atoms with Crippen LogP contribution in [0.3, 0.4) is 0 Å². The van der Waals surface area contributed by atoms with Crippen molar-refractivity contribution in [2.75, 3.05) is 6.54 Å². The van der Waals surface area contributed by atoms with E-state index in [1.54, 1.807) is 11.3 Å². The van der Waals surface area contributed by atoms with Gasteiger partial charge in [-0.2, -0.15) is 0 Å². The molecule has 1 unspecified atom stereocenters. The van der Waals surface area contributed by atoms with Crippen LogP contribution in [0.5, 0.6) is 0 Å². The first-order chi connectivity index (χ1) is 9.10. The Morgan fingerprint density at radius 1 is 1.16 bits per heavy atom. The maximum atomic E-state index is 3.67. The highest BCUT2D eigenvalue weighted by atomic mass is 79.9. The zero-order valence-corrected chi connectivity index (χ0v) is 16.8. The summed E-state index contributed by atoms with van der Waals surface area (Å²) in [4.78, 5) is 1.40. The Kier molecular flexibility index (Phi) is 6.56. The molecule has 0 amide bonds. The fraction of sp³-hybridized carbons (Fsp3) is 0.385. The van der Waals surface area contributed by atoms with Crippen LogP contribution in [0.15, 0.2) is 29.6 Å². The molecule has 0 aliphatic rings. The number of halogens is 3. The summed E-state index contributed by atoms with van der Waals surface area (Å²) < 4.78 is 3.58. The molecule has 0 radical (unpaired) electrons. The van der Waals surface area contributed by atoms with Crippen molar-refractivity contribution < 1.29 is 0 Å². The van der Waals surface area contributed by atoms with E-state index in [1.165, 1.54) is 21.8 Å². The molecule has 1 N–H and O–H groups in total. The molecule has 104 valence electrons. The highest BCUT2D eigenvalue weighted by molar-refractivity contribution is 9.12. The first-order valence-electron chi connectivity index (χ1n) is 6.02.